The van der Waals surface area contributed by atoms with E-state index in [1.165, 1.54) is 6.42 Å². The zero-order valence-corrected chi connectivity index (χ0v) is 13.7. The van der Waals surface area contributed by atoms with Gasteiger partial charge in [-0.25, -0.2) is 0 Å². The summed E-state index contributed by atoms with van der Waals surface area (Å²) in [5.41, 5.74) is 0. The van der Waals surface area contributed by atoms with Crippen molar-refractivity contribution in [3.8, 4) is 0 Å². The third-order valence-corrected chi connectivity index (χ3v) is 4.42. The van der Waals surface area contributed by atoms with E-state index in [1.807, 2.05) is 6.92 Å². The van der Waals surface area contributed by atoms with Crippen LogP contribution in [0.15, 0.2) is 0 Å². The molecule has 0 aromatic heterocycles. The molecule has 116 valence electrons. The van der Waals surface area contributed by atoms with Crippen LogP contribution in [-0.2, 0) is 15.5 Å². The summed E-state index contributed by atoms with van der Waals surface area (Å²) in [6.07, 6.45) is 4.36. The molecule has 2 N–H and O–H groups in total. The van der Waals surface area contributed by atoms with E-state index < -0.39 is 16.9 Å². The standard InChI is InChI=1S/C14H31NO3S/c1-12(2)6-5-9-18-11-14(16)10-15-8-7-13(3)19(4)17/h12-16H,5-11H2,1-4H3. The number of nitrogens with one attached hydrogen (secondary N) is 1. The lowest BCUT2D eigenvalue weighted by molar-refractivity contribution is 0.0349. The maximum absolute atomic E-state index is 11.1. The first kappa shape index (κ1) is 19.0. The minimum atomic E-state index is -0.763. The molecule has 0 fully saturated rings. The third-order valence-electron chi connectivity index (χ3n) is 3.05. The predicted molar refractivity (Wildman–Crippen MR) is 81.9 cm³/mol. The fraction of sp³-hybridized carbons (Fsp3) is 1.00. The van der Waals surface area contributed by atoms with Crippen LogP contribution in [0.1, 0.15) is 40.0 Å². The molecular formula is C14H31NO3S. The van der Waals surface area contributed by atoms with Crippen LogP contribution in [0.3, 0.4) is 0 Å². The van der Waals surface area contributed by atoms with Gasteiger partial charge in [0.2, 0.25) is 0 Å². The largest absolute Gasteiger partial charge is 0.389 e. The molecule has 0 rings (SSSR count). The van der Waals surface area contributed by atoms with Crippen molar-refractivity contribution in [2.24, 2.45) is 5.92 Å². The van der Waals surface area contributed by atoms with Crippen molar-refractivity contribution in [3.63, 3.8) is 0 Å². The molecular weight excluding hydrogens is 262 g/mol. The first-order valence-electron chi connectivity index (χ1n) is 7.22. The molecule has 19 heavy (non-hydrogen) atoms. The molecule has 0 aliphatic rings. The Morgan fingerprint density at radius 1 is 1.26 bits per heavy atom. The molecule has 0 radical (unpaired) electrons. The molecule has 0 spiro atoms. The van der Waals surface area contributed by atoms with Gasteiger partial charge in [0.25, 0.3) is 0 Å². The number of aliphatic hydroxyl groups is 1. The first-order chi connectivity index (χ1) is 8.93. The smallest absolute Gasteiger partial charge is 0.0897 e. The zero-order valence-electron chi connectivity index (χ0n) is 12.9. The van der Waals surface area contributed by atoms with Crippen LogP contribution in [0.25, 0.3) is 0 Å². The van der Waals surface area contributed by atoms with E-state index in [2.05, 4.69) is 19.2 Å². The van der Waals surface area contributed by atoms with Gasteiger partial charge >= 0.3 is 0 Å². The summed E-state index contributed by atoms with van der Waals surface area (Å²) in [5, 5.41) is 13.1. The van der Waals surface area contributed by atoms with Crippen LogP contribution < -0.4 is 5.32 Å². The highest BCUT2D eigenvalue weighted by Gasteiger charge is 2.07. The average Bonchev–Trinajstić information content (AvgIpc) is 2.33. The van der Waals surface area contributed by atoms with Crippen LogP contribution in [0, 0.1) is 5.92 Å². The lowest BCUT2D eigenvalue weighted by Crippen LogP contribution is -2.32. The molecule has 0 amide bonds. The van der Waals surface area contributed by atoms with Crippen molar-refractivity contribution in [3.05, 3.63) is 0 Å². The van der Waals surface area contributed by atoms with E-state index in [-0.39, 0.29) is 5.25 Å². The minimum absolute atomic E-state index is 0.205. The molecule has 5 heteroatoms. The monoisotopic (exact) mass is 293 g/mol. The average molecular weight is 293 g/mol. The molecule has 3 atom stereocenters. The summed E-state index contributed by atoms with van der Waals surface area (Å²) in [4.78, 5) is 0. The van der Waals surface area contributed by atoms with E-state index in [0.717, 1.165) is 26.0 Å². The van der Waals surface area contributed by atoms with Crippen molar-refractivity contribution in [1.82, 2.24) is 5.32 Å². The molecule has 0 bridgehead atoms. The van der Waals surface area contributed by atoms with Gasteiger partial charge in [-0.2, -0.15) is 0 Å². The molecule has 0 aliphatic heterocycles. The normalized spacial score (nSPS) is 16.5. The minimum Gasteiger partial charge on any atom is -0.389 e. The number of hydrogen-bond donors (Lipinski definition) is 2. The van der Waals surface area contributed by atoms with Gasteiger partial charge in [0, 0.05) is 35.5 Å². The third kappa shape index (κ3) is 12.8. The van der Waals surface area contributed by atoms with Gasteiger partial charge in [0.15, 0.2) is 0 Å². The topological polar surface area (TPSA) is 58.6 Å². The maximum Gasteiger partial charge on any atom is 0.0897 e. The number of hydrogen-bond acceptors (Lipinski definition) is 4. The predicted octanol–water partition coefficient (Wildman–Crippen LogP) is 1.55. The second-order valence-corrected chi connectivity index (χ2v) is 7.37. The van der Waals surface area contributed by atoms with Gasteiger partial charge in [0.1, 0.15) is 0 Å². The van der Waals surface area contributed by atoms with Crippen molar-refractivity contribution in [1.29, 1.82) is 0 Å². The fourth-order valence-electron chi connectivity index (χ4n) is 1.61. The van der Waals surface area contributed by atoms with E-state index in [4.69, 9.17) is 4.74 Å². The second-order valence-electron chi connectivity index (χ2n) is 5.57. The summed E-state index contributed by atoms with van der Waals surface area (Å²) < 4.78 is 16.6. The molecule has 0 saturated heterocycles. The van der Waals surface area contributed by atoms with Gasteiger partial charge in [0.05, 0.1) is 12.7 Å². The SMILES string of the molecule is CC(C)CCCOCC(O)CNCCC(C)S(C)=O. The Morgan fingerprint density at radius 3 is 2.53 bits per heavy atom. The lowest BCUT2D eigenvalue weighted by Gasteiger charge is -2.14. The zero-order chi connectivity index (χ0) is 14.7. The van der Waals surface area contributed by atoms with Gasteiger partial charge in [-0.3, -0.25) is 4.21 Å². The summed E-state index contributed by atoms with van der Waals surface area (Å²) in [6, 6.07) is 0. The van der Waals surface area contributed by atoms with E-state index >= 15 is 0 Å². The van der Waals surface area contributed by atoms with Crippen LogP contribution in [0.4, 0.5) is 0 Å². The molecule has 0 saturated carbocycles. The first-order valence-corrected chi connectivity index (χ1v) is 8.84. The van der Waals surface area contributed by atoms with Gasteiger partial charge in [-0.1, -0.05) is 20.8 Å². The molecule has 0 aliphatic carbocycles. The van der Waals surface area contributed by atoms with Gasteiger partial charge < -0.3 is 15.2 Å². The van der Waals surface area contributed by atoms with Crippen molar-refractivity contribution >= 4 is 10.8 Å². The highest BCUT2D eigenvalue weighted by Crippen LogP contribution is 2.03. The summed E-state index contributed by atoms with van der Waals surface area (Å²) in [7, 11) is -0.763. The molecule has 0 aromatic carbocycles. The molecule has 3 unspecified atom stereocenters. The van der Waals surface area contributed by atoms with E-state index in [0.29, 0.717) is 19.1 Å². The number of rotatable bonds is 12. The van der Waals surface area contributed by atoms with Crippen LogP contribution in [0.2, 0.25) is 0 Å². The number of ether oxygens (including phenoxy) is 1. The Labute approximate surface area is 120 Å². The summed E-state index contributed by atoms with van der Waals surface area (Å²) >= 11 is 0. The van der Waals surface area contributed by atoms with Gasteiger partial charge in [-0.05, 0) is 31.7 Å². The van der Waals surface area contributed by atoms with Gasteiger partial charge in [-0.15, -0.1) is 0 Å². The van der Waals surface area contributed by atoms with Crippen LogP contribution in [-0.4, -0.2) is 53.2 Å². The fourth-order valence-corrected chi connectivity index (χ4v) is 2.06. The Balaban J connectivity index is 3.35. The molecule has 0 heterocycles. The van der Waals surface area contributed by atoms with E-state index in [1.54, 1.807) is 6.26 Å². The Bertz CT molecular complexity index is 237. The van der Waals surface area contributed by atoms with E-state index in [9.17, 15) is 9.32 Å². The summed E-state index contributed by atoms with van der Waals surface area (Å²) in [6.45, 7) is 8.80. The lowest BCUT2D eigenvalue weighted by atomic mass is 10.1. The second kappa shape index (κ2) is 11.8. The maximum atomic E-state index is 11.1. The molecule has 0 aromatic rings. The van der Waals surface area contributed by atoms with Crippen molar-refractivity contribution < 1.29 is 14.1 Å². The Kier molecular flexibility index (Phi) is 11.8. The Morgan fingerprint density at radius 2 is 1.95 bits per heavy atom. The number of aliphatic hydroxyl groups excluding tert-OH is 1. The van der Waals surface area contributed by atoms with Crippen molar-refractivity contribution in [2.75, 3.05) is 32.6 Å². The van der Waals surface area contributed by atoms with Crippen LogP contribution in [0.5, 0.6) is 0 Å². The highest BCUT2D eigenvalue weighted by atomic mass is 32.2. The quantitative estimate of drug-likeness (QED) is 0.536. The highest BCUT2D eigenvalue weighted by molar-refractivity contribution is 7.84. The van der Waals surface area contributed by atoms with Crippen LogP contribution >= 0.6 is 0 Å². The Hall–Kier alpha value is 0.0300. The summed E-state index contributed by atoms with van der Waals surface area (Å²) in [5.74, 6) is 0.710. The van der Waals surface area contributed by atoms with Crippen molar-refractivity contribution in [2.45, 2.75) is 51.4 Å². The molecule has 4 nitrogen and oxygen atoms in total.